The number of nitrogens with one attached hydrogen (secondary N) is 1. The fourth-order valence-electron chi connectivity index (χ4n) is 2.04. The molecule has 2 heteroatoms. The summed E-state index contributed by atoms with van der Waals surface area (Å²) in [6, 6.07) is 13.5. The average Bonchev–Trinajstić information content (AvgIpc) is 2.46. The van der Waals surface area contributed by atoms with Gasteiger partial charge in [-0.2, -0.15) is 0 Å². The van der Waals surface area contributed by atoms with Crippen LogP contribution >= 0.6 is 0 Å². The van der Waals surface area contributed by atoms with Gasteiger partial charge >= 0.3 is 0 Å². The Morgan fingerprint density at radius 1 is 0.889 bits per heavy atom. The molecule has 0 aliphatic heterocycles. The van der Waals surface area contributed by atoms with Crippen molar-refractivity contribution in [3.63, 3.8) is 0 Å². The van der Waals surface area contributed by atoms with Crippen LogP contribution in [0.15, 0.2) is 55.6 Å². The standard InChI is InChI=1S/C16H15NO/c1-3-12-8-7-10-14(13(12)4-2)15-9-5-6-11-16(15)17-18/h3-11,17-18H,1-2H2. The highest BCUT2D eigenvalue weighted by Crippen LogP contribution is 2.32. The maximum Gasteiger partial charge on any atom is 0.0680 e. The third kappa shape index (κ3) is 2.06. The molecule has 0 heterocycles. The maximum atomic E-state index is 9.17. The number of para-hydroxylation sites is 1. The van der Waals surface area contributed by atoms with E-state index < -0.39 is 0 Å². The summed E-state index contributed by atoms with van der Waals surface area (Å²) in [5.74, 6) is 0. The number of hydrogen-bond donors (Lipinski definition) is 2. The summed E-state index contributed by atoms with van der Waals surface area (Å²) in [6.45, 7) is 7.65. The molecule has 0 aliphatic carbocycles. The van der Waals surface area contributed by atoms with Gasteiger partial charge in [0.15, 0.2) is 0 Å². The lowest BCUT2D eigenvalue weighted by molar-refractivity contribution is 0.389. The average molecular weight is 237 g/mol. The molecule has 2 nitrogen and oxygen atoms in total. The number of anilines is 1. The van der Waals surface area contributed by atoms with Crippen LogP contribution in [0.3, 0.4) is 0 Å². The zero-order chi connectivity index (χ0) is 13.0. The van der Waals surface area contributed by atoms with Gasteiger partial charge in [0.1, 0.15) is 0 Å². The molecule has 0 bridgehead atoms. The van der Waals surface area contributed by atoms with Gasteiger partial charge in [0.05, 0.1) is 5.69 Å². The maximum absolute atomic E-state index is 9.17. The van der Waals surface area contributed by atoms with Crippen LogP contribution in [-0.2, 0) is 0 Å². The molecule has 0 spiro atoms. The first-order chi connectivity index (χ1) is 8.81. The van der Waals surface area contributed by atoms with Gasteiger partial charge in [0.2, 0.25) is 0 Å². The second-order valence-electron chi connectivity index (χ2n) is 3.87. The Morgan fingerprint density at radius 2 is 1.61 bits per heavy atom. The van der Waals surface area contributed by atoms with Crippen LogP contribution in [0.4, 0.5) is 5.69 Å². The Hall–Kier alpha value is -2.32. The zero-order valence-corrected chi connectivity index (χ0v) is 10.1. The predicted octanol–water partition coefficient (Wildman–Crippen LogP) is 4.44. The normalized spacial score (nSPS) is 9.83. The minimum absolute atomic E-state index is 0.668. The molecule has 18 heavy (non-hydrogen) atoms. The Balaban J connectivity index is 2.70. The van der Waals surface area contributed by atoms with Crippen molar-refractivity contribution in [1.29, 1.82) is 0 Å². The molecule has 0 saturated carbocycles. The molecule has 0 unspecified atom stereocenters. The summed E-state index contributed by atoms with van der Waals surface area (Å²) in [5.41, 5.74) is 6.87. The molecule has 2 aromatic carbocycles. The van der Waals surface area contributed by atoms with Gasteiger partial charge < -0.3 is 0 Å². The van der Waals surface area contributed by atoms with Crippen molar-refractivity contribution in [2.24, 2.45) is 0 Å². The minimum atomic E-state index is 0.668. The largest absolute Gasteiger partial charge is 0.291 e. The lowest BCUT2D eigenvalue weighted by Crippen LogP contribution is -1.94. The van der Waals surface area contributed by atoms with Crippen molar-refractivity contribution in [2.45, 2.75) is 0 Å². The molecule has 0 aliphatic rings. The quantitative estimate of drug-likeness (QED) is 0.770. The topological polar surface area (TPSA) is 32.3 Å². The van der Waals surface area contributed by atoms with E-state index in [1.54, 1.807) is 12.2 Å². The van der Waals surface area contributed by atoms with Crippen molar-refractivity contribution in [1.82, 2.24) is 0 Å². The highest BCUT2D eigenvalue weighted by Gasteiger charge is 2.09. The third-order valence-electron chi connectivity index (χ3n) is 2.90. The Bertz CT molecular complexity index is 587. The second-order valence-corrected chi connectivity index (χ2v) is 3.87. The highest BCUT2D eigenvalue weighted by atomic mass is 16.5. The highest BCUT2D eigenvalue weighted by molar-refractivity contribution is 5.86. The van der Waals surface area contributed by atoms with Crippen LogP contribution in [0.5, 0.6) is 0 Å². The monoisotopic (exact) mass is 237 g/mol. The van der Waals surface area contributed by atoms with Crippen molar-refractivity contribution in [3.8, 4) is 11.1 Å². The smallest absolute Gasteiger partial charge is 0.0680 e. The van der Waals surface area contributed by atoms with E-state index in [0.717, 1.165) is 22.3 Å². The van der Waals surface area contributed by atoms with Crippen LogP contribution in [0, 0.1) is 0 Å². The first kappa shape index (κ1) is 12.1. The lowest BCUT2D eigenvalue weighted by atomic mass is 9.94. The zero-order valence-electron chi connectivity index (χ0n) is 10.1. The number of hydrogen-bond acceptors (Lipinski definition) is 2. The van der Waals surface area contributed by atoms with E-state index in [9.17, 15) is 5.21 Å². The second kappa shape index (κ2) is 5.34. The minimum Gasteiger partial charge on any atom is -0.291 e. The molecule has 0 atom stereocenters. The molecular formula is C16H15NO. The lowest BCUT2D eigenvalue weighted by Gasteiger charge is -2.13. The van der Waals surface area contributed by atoms with Crippen molar-refractivity contribution >= 4 is 17.8 Å². The summed E-state index contributed by atoms with van der Waals surface area (Å²) in [5, 5.41) is 9.17. The Morgan fingerprint density at radius 3 is 2.28 bits per heavy atom. The molecule has 2 aromatic rings. The van der Waals surface area contributed by atoms with Crippen LogP contribution < -0.4 is 5.48 Å². The summed E-state index contributed by atoms with van der Waals surface area (Å²) in [7, 11) is 0. The predicted molar refractivity (Wildman–Crippen MR) is 77.5 cm³/mol. The number of benzene rings is 2. The van der Waals surface area contributed by atoms with E-state index >= 15 is 0 Å². The van der Waals surface area contributed by atoms with E-state index in [2.05, 4.69) is 18.6 Å². The van der Waals surface area contributed by atoms with E-state index in [0.29, 0.717) is 5.69 Å². The number of rotatable bonds is 4. The SMILES string of the molecule is C=Cc1cccc(-c2ccccc2NO)c1C=C. The molecule has 2 N–H and O–H groups in total. The summed E-state index contributed by atoms with van der Waals surface area (Å²) in [6.07, 6.45) is 3.61. The molecule has 0 saturated heterocycles. The van der Waals surface area contributed by atoms with Crippen molar-refractivity contribution in [2.75, 3.05) is 5.48 Å². The third-order valence-corrected chi connectivity index (χ3v) is 2.90. The summed E-state index contributed by atoms with van der Waals surface area (Å²) < 4.78 is 0. The molecule has 0 fully saturated rings. The van der Waals surface area contributed by atoms with Crippen molar-refractivity contribution < 1.29 is 5.21 Å². The van der Waals surface area contributed by atoms with Crippen LogP contribution in [0.1, 0.15) is 11.1 Å². The molecular weight excluding hydrogens is 222 g/mol. The van der Waals surface area contributed by atoms with Crippen LogP contribution in [-0.4, -0.2) is 5.21 Å². The Kier molecular flexibility index (Phi) is 3.60. The molecule has 90 valence electrons. The molecule has 2 rings (SSSR count). The van der Waals surface area contributed by atoms with E-state index in [1.165, 1.54) is 0 Å². The van der Waals surface area contributed by atoms with Gasteiger partial charge in [-0.15, -0.1) is 0 Å². The Labute approximate surface area is 107 Å². The molecule has 0 aromatic heterocycles. The van der Waals surface area contributed by atoms with Crippen LogP contribution in [0.25, 0.3) is 23.3 Å². The van der Waals surface area contributed by atoms with Gasteiger partial charge in [-0.3, -0.25) is 10.7 Å². The van der Waals surface area contributed by atoms with E-state index in [4.69, 9.17) is 0 Å². The van der Waals surface area contributed by atoms with E-state index in [1.807, 2.05) is 42.5 Å². The molecule has 0 amide bonds. The molecule has 0 radical (unpaired) electrons. The van der Waals surface area contributed by atoms with Gasteiger partial charge in [-0.25, -0.2) is 0 Å². The van der Waals surface area contributed by atoms with Crippen molar-refractivity contribution in [3.05, 3.63) is 66.7 Å². The first-order valence-corrected chi connectivity index (χ1v) is 5.69. The van der Waals surface area contributed by atoms with Gasteiger partial charge in [-0.05, 0) is 22.8 Å². The fourth-order valence-corrected chi connectivity index (χ4v) is 2.04. The summed E-state index contributed by atoms with van der Waals surface area (Å²) >= 11 is 0. The van der Waals surface area contributed by atoms with Gasteiger partial charge in [-0.1, -0.05) is 61.7 Å². The summed E-state index contributed by atoms with van der Waals surface area (Å²) in [4.78, 5) is 0. The van der Waals surface area contributed by atoms with Gasteiger partial charge in [0, 0.05) is 5.56 Å². The van der Waals surface area contributed by atoms with Gasteiger partial charge in [0.25, 0.3) is 0 Å². The van der Waals surface area contributed by atoms with Crippen LogP contribution in [0.2, 0.25) is 0 Å². The fraction of sp³-hybridized carbons (Fsp3) is 0. The van der Waals surface area contributed by atoms with E-state index in [-0.39, 0.29) is 0 Å². The first-order valence-electron chi connectivity index (χ1n) is 5.69.